The van der Waals surface area contributed by atoms with Gasteiger partial charge in [0.25, 0.3) is 0 Å². The summed E-state index contributed by atoms with van der Waals surface area (Å²) in [6.45, 7) is 0. The van der Waals surface area contributed by atoms with E-state index >= 15 is 0 Å². The van der Waals surface area contributed by atoms with Gasteiger partial charge in [-0.2, -0.15) is 0 Å². The number of nitrogens with zero attached hydrogens (tertiary/aromatic N) is 1. The predicted molar refractivity (Wildman–Crippen MR) is 253 cm³/mol. The molecule has 0 aromatic heterocycles. The molecule has 0 unspecified atom stereocenters. The predicted octanol–water partition coefficient (Wildman–Crippen LogP) is 16.4. The number of fused-ring (bicyclic) bond motifs is 5. The maximum absolute atomic E-state index is 2.36. The molecule has 1 heteroatoms. The molecule has 0 amide bonds. The van der Waals surface area contributed by atoms with E-state index in [9.17, 15) is 0 Å². The fraction of sp³-hybridized carbons (Fsp3) is 0. The highest BCUT2D eigenvalue weighted by molar-refractivity contribution is 6.13. The molecule has 0 aliphatic heterocycles. The van der Waals surface area contributed by atoms with Crippen LogP contribution >= 0.6 is 0 Å². The number of benzene rings is 11. The molecule has 0 saturated heterocycles. The van der Waals surface area contributed by atoms with Crippen LogP contribution in [0.5, 0.6) is 0 Å². The molecule has 0 aliphatic rings. The molecule has 11 aromatic carbocycles. The molecule has 11 rings (SSSR count). The van der Waals surface area contributed by atoms with Crippen LogP contribution in [-0.2, 0) is 0 Å². The van der Waals surface area contributed by atoms with Crippen LogP contribution in [0.15, 0.2) is 237 Å². The average Bonchev–Trinajstić information content (AvgIpc) is 3.32. The standard InChI is InChI=1S/C58H39N/c1-4-16-51-42(11-1)14-9-21-53(51)44-25-23-40(24-26-44)41-27-33-48(34-28-41)59(49-35-29-45(30-36-49)54-22-10-15-43-12-2-5-17-52(43)54)50-37-31-46(32-38-50)58-39-47-13-3-6-18-55(47)56-19-7-8-20-57(56)58/h1-39H. The van der Waals surface area contributed by atoms with Gasteiger partial charge in [0.1, 0.15) is 0 Å². The molecule has 0 bridgehead atoms. The van der Waals surface area contributed by atoms with E-state index in [4.69, 9.17) is 0 Å². The van der Waals surface area contributed by atoms with Gasteiger partial charge in [-0.1, -0.05) is 194 Å². The van der Waals surface area contributed by atoms with Crippen molar-refractivity contribution in [3.63, 3.8) is 0 Å². The van der Waals surface area contributed by atoms with Gasteiger partial charge >= 0.3 is 0 Å². The van der Waals surface area contributed by atoms with E-state index in [0.29, 0.717) is 0 Å². The molecule has 0 atom stereocenters. The van der Waals surface area contributed by atoms with Crippen LogP contribution in [-0.4, -0.2) is 0 Å². The molecule has 1 nitrogen and oxygen atoms in total. The zero-order valence-corrected chi connectivity index (χ0v) is 32.5. The topological polar surface area (TPSA) is 3.24 Å². The van der Waals surface area contributed by atoms with Gasteiger partial charge < -0.3 is 4.90 Å². The molecule has 0 spiro atoms. The quantitative estimate of drug-likeness (QED) is 0.147. The minimum Gasteiger partial charge on any atom is -0.311 e. The summed E-state index contributed by atoms with van der Waals surface area (Å²) < 4.78 is 0. The third-order valence-corrected chi connectivity index (χ3v) is 11.9. The summed E-state index contributed by atoms with van der Waals surface area (Å²) in [6, 6.07) is 86.1. The van der Waals surface area contributed by atoms with Gasteiger partial charge in [0.05, 0.1) is 0 Å². The Hall–Kier alpha value is -7.74. The summed E-state index contributed by atoms with van der Waals surface area (Å²) in [5.41, 5.74) is 13.0. The molecule has 276 valence electrons. The highest BCUT2D eigenvalue weighted by atomic mass is 15.1. The average molecular weight is 750 g/mol. The number of rotatable bonds is 7. The number of anilines is 3. The van der Waals surface area contributed by atoms with Crippen molar-refractivity contribution in [3.05, 3.63) is 237 Å². The minimum atomic E-state index is 1.10. The Kier molecular flexibility index (Phi) is 8.56. The first-order valence-electron chi connectivity index (χ1n) is 20.3. The van der Waals surface area contributed by atoms with E-state index < -0.39 is 0 Å². The first-order chi connectivity index (χ1) is 29.2. The van der Waals surface area contributed by atoms with E-state index in [0.717, 1.165) is 17.1 Å². The van der Waals surface area contributed by atoms with E-state index in [1.165, 1.54) is 87.6 Å². The van der Waals surface area contributed by atoms with Gasteiger partial charge in [-0.15, -0.1) is 0 Å². The molecule has 0 heterocycles. The SMILES string of the molecule is c1ccc2c(-c3ccc(-c4ccc(N(c5ccc(-c6cccc7ccccc67)cc5)c5ccc(-c6cc7ccccc7c7ccccc67)cc5)cc4)cc3)cccc2c1. The first-order valence-corrected chi connectivity index (χ1v) is 20.3. The van der Waals surface area contributed by atoms with Crippen LogP contribution < -0.4 is 4.90 Å². The molecule has 11 aromatic rings. The maximum Gasteiger partial charge on any atom is 0.0462 e. The Morgan fingerprint density at radius 2 is 0.542 bits per heavy atom. The lowest BCUT2D eigenvalue weighted by atomic mass is 9.93. The highest BCUT2D eigenvalue weighted by Gasteiger charge is 2.16. The normalized spacial score (nSPS) is 11.4. The van der Waals surface area contributed by atoms with Gasteiger partial charge in [0, 0.05) is 17.1 Å². The second-order valence-electron chi connectivity index (χ2n) is 15.3. The first kappa shape index (κ1) is 34.5. The van der Waals surface area contributed by atoms with Crippen molar-refractivity contribution in [2.24, 2.45) is 0 Å². The zero-order valence-electron chi connectivity index (χ0n) is 32.5. The highest BCUT2D eigenvalue weighted by Crippen LogP contribution is 2.41. The monoisotopic (exact) mass is 749 g/mol. The van der Waals surface area contributed by atoms with Crippen LogP contribution in [0.2, 0.25) is 0 Å². The molecule has 0 fully saturated rings. The van der Waals surface area contributed by atoms with Crippen LogP contribution in [0.3, 0.4) is 0 Å². The lowest BCUT2D eigenvalue weighted by Gasteiger charge is -2.26. The van der Waals surface area contributed by atoms with E-state index in [1.54, 1.807) is 0 Å². The van der Waals surface area contributed by atoms with Gasteiger partial charge in [0.2, 0.25) is 0 Å². The van der Waals surface area contributed by atoms with E-state index in [2.05, 4.69) is 241 Å². The second kappa shape index (κ2) is 14.6. The third-order valence-electron chi connectivity index (χ3n) is 11.9. The van der Waals surface area contributed by atoms with Crippen molar-refractivity contribution < 1.29 is 0 Å². The van der Waals surface area contributed by atoms with Gasteiger partial charge in [-0.05, 0) is 130 Å². The van der Waals surface area contributed by atoms with Crippen molar-refractivity contribution in [1.29, 1.82) is 0 Å². The number of hydrogen-bond acceptors (Lipinski definition) is 1. The van der Waals surface area contributed by atoms with Gasteiger partial charge in [-0.25, -0.2) is 0 Å². The van der Waals surface area contributed by atoms with Crippen molar-refractivity contribution in [2.45, 2.75) is 0 Å². The summed E-state index contributed by atoms with van der Waals surface area (Å²) in [7, 11) is 0. The fourth-order valence-electron chi connectivity index (χ4n) is 8.92. The van der Waals surface area contributed by atoms with Crippen molar-refractivity contribution in [2.75, 3.05) is 4.90 Å². The van der Waals surface area contributed by atoms with Crippen LogP contribution in [0.25, 0.3) is 87.6 Å². The summed E-state index contributed by atoms with van der Waals surface area (Å²) in [6.07, 6.45) is 0. The van der Waals surface area contributed by atoms with Crippen molar-refractivity contribution >= 4 is 60.2 Å². The lowest BCUT2D eigenvalue weighted by Crippen LogP contribution is -2.09. The van der Waals surface area contributed by atoms with Crippen molar-refractivity contribution in [1.82, 2.24) is 0 Å². The Morgan fingerprint density at radius 3 is 1.05 bits per heavy atom. The smallest absolute Gasteiger partial charge is 0.0462 e. The Bertz CT molecular complexity index is 3280. The molecular formula is C58H39N. The van der Waals surface area contributed by atoms with E-state index in [-0.39, 0.29) is 0 Å². The fourth-order valence-corrected chi connectivity index (χ4v) is 8.92. The molecule has 0 radical (unpaired) electrons. The zero-order chi connectivity index (χ0) is 39.1. The van der Waals surface area contributed by atoms with Crippen LogP contribution in [0, 0.1) is 0 Å². The molecule has 0 saturated carbocycles. The maximum atomic E-state index is 2.36. The summed E-state index contributed by atoms with van der Waals surface area (Å²) >= 11 is 0. The minimum absolute atomic E-state index is 1.10. The summed E-state index contributed by atoms with van der Waals surface area (Å²) in [4.78, 5) is 2.36. The Morgan fingerprint density at radius 1 is 0.203 bits per heavy atom. The summed E-state index contributed by atoms with van der Waals surface area (Å²) in [5, 5.41) is 10.1. The second-order valence-corrected chi connectivity index (χ2v) is 15.3. The van der Waals surface area contributed by atoms with Gasteiger partial charge in [-0.3, -0.25) is 0 Å². The third kappa shape index (κ3) is 6.30. The van der Waals surface area contributed by atoms with E-state index in [1.807, 2.05) is 0 Å². The Balaban J connectivity index is 0.966. The van der Waals surface area contributed by atoms with Crippen LogP contribution in [0.1, 0.15) is 0 Å². The Labute approximate surface area is 344 Å². The van der Waals surface area contributed by atoms with Crippen molar-refractivity contribution in [3.8, 4) is 44.5 Å². The largest absolute Gasteiger partial charge is 0.311 e. The molecule has 0 N–H and O–H groups in total. The lowest BCUT2D eigenvalue weighted by molar-refractivity contribution is 1.28. The number of hydrogen-bond donors (Lipinski definition) is 0. The van der Waals surface area contributed by atoms with Crippen LogP contribution in [0.4, 0.5) is 17.1 Å². The molecular weight excluding hydrogens is 711 g/mol. The molecule has 59 heavy (non-hydrogen) atoms. The molecule has 0 aliphatic carbocycles. The summed E-state index contributed by atoms with van der Waals surface area (Å²) in [5.74, 6) is 0. The van der Waals surface area contributed by atoms with Gasteiger partial charge in [0.15, 0.2) is 0 Å².